The second-order valence-electron chi connectivity index (χ2n) is 9.29. The molecule has 164 valence electrons. The summed E-state index contributed by atoms with van der Waals surface area (Å²) in [5.74, 6) is 1.33. The van der Waals surface area contributed by atoms with Crippen LogP contribution in [0, 0.1) is 11.8 Å². The molecule has 1 aromatic heterocycles. The largest absolute Gasteiger partial charge is 0.361 e. The quantitative estimate of drug-likeness (QED) is 0.478. The van der Waals surface area contributed by atoms with Gasteiger partial charge in [-0.25, -0.2) is 0 Å². The minimum absolute atomic E-state index is 0.137. The van der Waals surface area contributed by atoms with Crippen molar-refractivity contribution in [1.82, 2.24) is 25.8 Å². The fraction of sp³-hybridized carbons (Fsp3) is 0.520. The Morgan fingerprint density at radius 2 is 2.23 bits per heavy atom. The topological polar surface area (TPSA) is 52.2 Å². The third kappa shape index (κ3) is 4.34. The molecule has 4 unspecified atom stereocenters. The van der Waals surface area contributed by atoms with E-state index in [2.05, 4.69) is 68.8 Å². The van der Waals surface area contributed by atoms with Crippen LogP contribution >= 0.6 is 12.2 Å². The Kier molecular flexibility index (Phi) is 6.21. The van der Waals surface area contributed by atoms with Crippen molar-refractivity contribution in [2.75, 3.05) is 26.2 Å². The number of hydrogen-bond donors (Lipinski definition) is 3. The molecule has 2 aromatic rings. The van der Waals surface area contributed by atoms with Gasteiger partial charge in [-0.3, -0.25) is 9.88 Å². The van der Waals surface area contributed by atoms with Gasteiger partial charge in [0.25, 0.3) is 0 Å². The SMILES string of the molecule is C=CC1CN2CCC1CC2[C@@H](NC(=S)NC[C@@H]1CCCN1)c1ccnc2ccccc12. The van der Waals surface area contributed by atoms with Crippen molar-refractivity contribution in [3.8, 4) is 0 Å². The first-order valence-electron chi connectivity index (χ1n) is 11.7. The zero-order valence-electron chi connectivity index (χ0n) is 18.1. The lowest BCUT2D eigenvalue weighted by atomic mass is 9.73. The lowest BCUT2D eigenvalue weighted by Gasteiger charge is -2.52. The molecule has 4 aliphatic heterocycles. The molecule has 4 aliphatic rings. The van der Waals surface area contributed by atoms with Gasteiger partial charge in [0, 0.05) is 36.8 Å². The average Bonchev–Trinajstić information content (AvgIpc) is 3.35. The van der Waals surface area contributed by atoms with Crippen molar-refractivity contribution in [2.24, 2.45) is 11.8 Å². The highest BCUT2D eigenvalue weighted by Gasteiger charge is 2.43. The number of pyridine rings is 1. The number of fused-ring (bicyclic) bond motifs is 4. The number of benzene rings is 1. The van der Waals surface area contributed by atoms with Crippen molar-refractivity contribution in [3.05, 3.63) is 54.7 Å². The maximum absolute atomic E-state index is 5.79. The van der Waals surface area contributed by atoms with Crippen molar-refractivity contribution in [2.45, 2.75) is 43.8 Å². The van der Waals surface area contributed by atoms with Crippen molar-refractivity contribution in [3.63, 3.8) is 0 Å². The van der Waals surface area contributed by atoms with E-state index in [0.717, 1.165) is 36.8 Å². The summed E-state index contributed by atoms with van der Waals surface area (Å²) in [5.41, 5.74) is 2.34. The van der Waals surface area contributed by atoms with Crippen LogP contribution in [-0.4, -0.2) is 53.3 Å². The Morgan fingerprint density at radius 1 is 1.32 bits per heavy atom. The third-order valence-electron chi connectivity index (χ3n) is 7.51. The van der Waals surface area contributed by atoms with Gasteiger partial charge in [-0.15, -0.1) is 6.58 Å². The zero-order valence-corrected chi connectivity index (χ0v) is 18.9. The number of nitrogens with one attached hydrogen (secondary N) is 3. The van der Waals surface area contributed by atoms with Gasteiger partial charge in [0.15, 0.2) is 5.11 Å². The van der Waals surface area contributed by atoms with E-state index in [-0.39, 0.29) is 6.04 Å². The molecule has 0 spiro atoms. The molecule has 0 amide bonds. The molecular weight excluding hydrogens is 402 g/mol. The molecule has 5 nitrogen and oxygen atoms in total. The van der Waals surface area contributed by atoms with E-state index in [1.54, 1.807) is 0 Å². The summed E-state index contributed by atoms with van der Waals surface area (Å²) in [5, 5.41) is 12.7. The van der Waals surface area contributed by atoms with Crippen molar-refractivity contribution < 1.29 is 0 Å². The van der Waals surface area contributed by atoms with E-state index >= 15 is 0 Å². The van der Waals surface area contributed by atoms with Gasteiger partial charge < -0.3 is 16.0 Å². The van der Waals surface area contributed by atoms with Crippen LogP contribution in [0.2, 0.25) is 0 Å². The Bertz CT molecular complexity index is 935. The number of hydrogen-bond acceptors (Lipinski definition) is 4. The smallest absolute Gasteiger partial charge is 0.166 e. The molecule has 6 rings (SSSR count). The van der Waals surface area contributed by atoms with E-state index in [1.165, 1.54) is 36.6 Å². The summed E-state index contributed by atoms with van der Waals surface area (Å²) in [4.78, 5) is 7.25. The average molecular weight is 436 g/mol. The second-order valence-corrected chi connectivity index (χ2v) is 9.70. The van der Waals surface area contributed by atoms with Crippen LogP contribution in [0.3, 0.4) is 0 Å². The minimum atomic E-state index is 0.137. The van der Waals surface area contributed by atoms with E-state index < -0.39 is 0 Å². The molecule has 6 heteroatoms. The minimum Gasteiger partial charge on any atom is -0.361 e. The number of thiocarbonyl (C=S) groups is 1. The molecule has 0 aliphatic carbocycles. The Hall–Kier alpha value is -2.02. The summed E-state index contributed by atoms with van der Waals surface area (Å²) in [7, 11) is 0. The molecular formula is C25H33N5S. The maximum atomic E-state index is 5.79. The van der Waals surface area contributed by atoms with Gasteiger partial charge in [-0.05, 0) is 80.5 Å². The molecule has 4 fully saturated rings. The lowest BCUT2D eigenvalue weighted by Crippen LogP contribution is -2.58. The Balaban J connectivity index is 1.41. The predicted molar refractivity (Wildman–Crippen MR) is 131 cm³/mol. The molecule has 3 N–H and O–H groups in total. The molecule has 6 atom stereocenters. The molecule has 4 saturated heterocycles. The van der Waals surface area contributed by atoms with Crippen LogP contribution < -0.4 is 16.0 Å². The number of piperidine rings is 3. The van der Waals surface area contributed by atoms with Crippen LogP contribution in [-0.2, 0) is 0 Å². The summed E-state index contributed by atoms with van der Waals surface area (Å²) in [6.07, 6.45) is 9.02. The number of aromatic nitrogens is 1. The van der Waals surface area contributed by atoms with Gasteiger partial charge in [0.2, 0.25) is 0 Å². The maximum Gasteiger partial charge on any atom is 0.166 e. The number of para-hydroxylation sites is 1. The van der Waals surface area contributed by atoms with Crippen LogP contribution in [0.5, 0.6) is 0 Å². The van der Waals surface area contributed by atoms with Gasteiger partial charge in [0.1, 0.15) is 0 Å². The zero-order chi connectivity index (χ0) is 21.2. The van der Waals surface area contributed by atoms with Crippen molar-refractivity contribution >= 4 is 28.2 Å². The van der Waals surface area contributed by atoms with Crippen LogP contribution in [0.25, 0.3) is 10.9 Å². The first-order valence-corrected chi connectivity index (χ1v) is 12.1. The first-order chi connectivity index (χ1) is 15.2. The Labute approximate surface area is 190 Å². The number of nitrogens with zero attached hydrogens (tertiary/aromatic N) is 2. The Morgan fingerprint density at radius 3 is 3.00 bits per heavy atom. The highest BCUT2D eigenvalue weighted by atomic mass is 32.1. The highest BCUT2D eigenvalue weighted by molar-refractivity contribution is 7.80. The van der Waals surface area contributed by atoms with Crippen molar-refractivity contribution in [1.29, 1.82) is 0 Å². The van der Waals surface area contributed by atoms with E-state index in [4.69, 9.17) is 12.2 Å². The first kappa shape index (κ1) is 20.9. The van der Waals surface area contributed by atoms with Crippen LogP contribution in [0.1, 0.15) is 37.3 Å². The fourth-order valence-corrected chi connectivity index (χ4v) is 6.04. The van der Waals surface area contributed by atoms with Crippen LogP contribution in [0.4, 0.5) is 0 Å². The second kappa shape index (κ2) is 9.23. The molecule has 5 heterocycles. The lowest BCUT2D eigenvalue weighted by molar-refractivity contribution is 0.00430. The summed E-state index contributed by atoms with van der Waals surface area (Å²) >= 11 is 5.79. The van der Waals surface area contributed by atoms with Gasteiger partial charge in [-0.2, -0.15) is 0 Å². The van der Waals surface area contributed by atoms with Gasteiger partial charge in [-0.1, -0.05) is 24.3 Å². The molecule has 1 aromatic carbocycles. The van der Waals surface area contributed by atoms with Crippen LogP contribution in [0.15, 0.2) is 49.2 Å². The summed E-state index contributed by atoms with van der Waals surface area (Å²) < 4.78 is 0. The summed E-state index contributed by atoms with van der Waals surface area (Å²) in [6, 6.07) is 11.7. The number of rotatable bonds is 6. The normalized spacial score (nSPS) is 30.8. The summed E-state index contributed by atoms with van der Waals surface area (Å²) in [6.45, 7) is 8.35. The molecule has 0 saturated carbocycles. The van der Waals surface area contributed by atoms with Gasteiger partial charge >= 0.3 is 0 Å². The van der Waals surface area contributed by atoms with E-state index in [1.807, 2.05) is 6.20 Å². The van der Waals surface area contributed by atoms with Gasteiger partial charge in [0.05, 0.1) is 11.6 Å². The third-order valence-corrected chi connectivity index (χ3v) is 7.78. The molecule has 0 radical (unpaired) electrons. The fourth-order valence-electron chi connectivity index (χ4n) is 5.83. The molecule has 31 heavy (non-hydrogen) atoms. The molecule has 2 bridgehead atoms. The predicted octanol–water partition coefficient (Wildman–Crippen LogP) is 3.39. The van der Waals surface area contributed by atoms with E-state index in [9.17, 15) is 0 Å². The standard InChI is InChI=1S/C25H33N5S/c1-2-17-16-30-13-10-18(17)14-23(30)24(29-25(31)28-15-19-6-5-11-26-19)21-9-12-27-22-8-4-3-7-20(21)22/h2-4,7-9,12,17-19,23-24,26H,1,5-6,10-11,13-16H2,(H2,28,29,31)/t17?,18?,19-,23?,24-/m0/s1. The van der Waals surface area contributed by atoms with E-state index in [0.29, 0.717) is 23.9 Å². The monoisotopic (exact) mass is 435 g/mol. The highest BCUT2D eigenvalue weighted by Crippen LogP contribution is 2.42.